The molecule has 2 N–H and O–H groups in total. The molecule has 1 aromatic carbocycles. The second-order valence-corrected chi connectivity index (χ2v) is 4.49. The van der Waals surface area contributed by atoms with E-state index in [1.165, 1.54) is 0 Å². The van der Waals surface area contributed by atoms with Crippen LogP contribution in [0.5, 0.6) is 5.75 Å². The van der Waals surface area contributed by atoms with Crippen molar-refractivity contribution in [3.05, 3.63) is 30.3 Å². The Bertz CT molecular complexity index is 397. The van der Waals surface area contributed by atoms with E-state index < -0.39 is 0 Å². The highest BCUT2D eigenvalue weighted by Gasteiger charge is 2.32. The summed E-state index contributed by atoms with van der Waals surface area (Å²) in [6.07, 6.45) is 0. The predicted octanol–water partition coefficient (Wildman–Crippen LogP) is 0.416. The van der Waals surface area contributed by atoms with Gasteiger partial charge in [-0.25, -0.2) is 0 Å². The summed E-state index contributed by atoms with van der Waals surface area (Å²) < 4.78 is 10.8. The van der Waals surface area contributed by atoms with Gasteiger partial charge in [-0.1, -0.05) is 18.2 Å². The maximum atomic E-state index is 11.9. The maximum absolute atomic E-state index is 11.9. The van der Waals surface area contributed by atoms with Crippen molar-refractivity contribution in [2.24, 2.45) is 5.92 Å². The zero-order valence-electron chi connectivity index (χ0n) is 11.1. The van der Waals surface area contributed by atoms with Crippen LogP contribution >= 0.6 is 0 Å². The fourth-order valence-corrected chi connectivity index (χ4v) is 2.09. The third-order valence-electron chi connectivity index (χ3n) is 3.20. The Morgan fingerprint density at radius 2 is 2.16 bits per heavy atom. The van der Waals surface area contributed by atoms with Crippen molar-refractivity contribution < 1.29 is 14.3 Å². The molecule has 19 heavy (non-hydrogen) atoms. The molecule has 0 spiro atoms. The standard InChI is InChI=1S/C14H20N2O3/c1-15-13-10-18-9-12(13)14(17)16-7-8-19-11-5-3-2-4-6-11/h2-6,12-13,15H,7-10H2,1H3,(H,16,17). The number of rotatable bonds is 6. The Morgan fingerprint density at radius 1 is 1.37 bits per heavy atom. The molecule has 0 aromatic heterocycles. The molecule has 104 valence electrons. The van der Waals surface area contributed by atoms with E-state index in [1.807, 2.05) is 37.4 Å². The molecule has 1 saturated heterocycles. The summed E-state index contributed by atoms with van der Waals surface area (Å²) in [5.41, 5.74) is 0. The second kappa shape index (κ2) is 7.11. The minimum absolute atomic E-state index is 0.0218. The van der Waals surface area contributed by atoms with Crippen molar-refractivity contribution in [2.45, 2.75) is 6.04 Å². The normalized spacial score (nSPS) is 22.2. The van der Waals surface area contributed by atoms with Crippen LogP contribution in [0.15, 0.2) is 30.3 Å². The zero-order valence-corrected chi connectivity index (χ0v) is 11.1. The number of amides is 1. The lowest BCUT2D eigenvalue weighted by Gasteiger charge is -2.16. The van der Waals surface area contributed by atoms with Crippen LogP contribution in [0.2, 0.25) is 0 Å². The highest BCUT2D eigenvalue weighted by molar-refractivity contribution is 5.79. The topological polar surface area (TPSA) is 59.6 Å². The van der Waals surface area contributed by atoms with Crippen LogP contribution in [0, 0.1) is 5.92 Å². The van der Waals surface area contributed by atoms with E-state index in [-0.39, 0.29) is 17.9 Å². The van der Waals surface area contributed by atoms with Crippen LogP contribution in [-0.4, -0.2) is 45.4 Å². The van der Waals surface area contributed by atoms with Crippen molar-refractivity contribution >= 4 is 5.91 Å². The summed E-state index contributed by atoms with van der Waals surface area (Å²) in [4.78, 5) is 11.9. The number of hydrogen-bond acceptors (Lipinski definition) is 4. The quantitative estimate of drug-likeness (QED) is 0.731. The van der Waals surface area contributed by atoms with E-state index in [9.17, 15) is 4.79 Å². The minimum atomic E-state index is -0.110. The summed E-state index contributed by atoms with van der Waals surface area (Å²) in [7, 11) is 1.85. The van der Waals surface area contributed by atoms with Gasteiger partial charge in [-0.2, -0.15) is 0 Å². The molecule has 1 aromatic rings. The molecule has 0 aliphatic carbocycles. The minimum Gasteiger partial charge on any atom is -0.492 e. The van der Waals surface area contributed by atoms with Gasteiger partial charge in [-0.05, 0) is 19.2 Å². The van der Waals surface area contributed by atoms with Gasteiger partial charge in [0.25, 0.3) is 0 Å². The Kier molecular flexibility index (Phi) is 5.18. The van der Waals surface area contributed by atoms with E-state index in [0.29, 0.717) is 26.4 Å². The molecule has 5 nitrogen and oxygen atoms in total. The van der Waals surface area contributed by atoms with E-state index in [1.54, 1.807) is 0 Å². The van der Waals surface area contributed by atoms with Gasteiger partial charge in [0.15, 0.2) is 0 Å². The highest BCUT2D eigenvalue weighted by atomic mass is 16.5. The predicted molar refractivity (Wildman–Crippen MR) is 72.1 cm³/mol. The van der Waals surface area contributed by atoms with Crippen LogP contribution in [0.3, 0.4) is 0 Å². The van der Waals surface area contributed by atoms with E-state index in [2.05, 4.69) is 10.6 Å². The van der Waals surface area contributed by atoms with E-state index in [4.69, 9.17) is 9.47 Å². The zero-order chi connectivity index (χ0) is 13.5. The van der Waals surface area contributed by atoms with Gasteiger partial charge in [0.05, 0.1) is 25.7 Å². The smallest absolute Gasteiger partial charge is 0.227 e. The molecule has 1 heterocycles. The maximum Gasteiger partial charge on any atom is 0.227 e. The number of carbonyl (C=O) groups is 1. The lowest BCUT2D eigenvalue weighted by molar-refractivity contribution is -0.125. The number of para-hydroxylation sites is 1. The average Bonchev–Trinajstić information content (AvgIpc) is 2.93. The van der Waals surface area contributed by atoms with Gasteiger partial charge in [-0.15, -0.1) is 0 Å². The molecule has 2 rings (SSSR count). The summed E-state index contributed by atoms with van der Waals surface area (Å²) >= 11 is 0. The van der Waals surface area contributed by atoms with Gasteiger partial charge in [0.1, 0.15) is 12.4 Å². The first-order chi connectivity index (χ1) is 9.31. The third kappa shape index (κ3) is 3.94. The number of carbonyl (C=O) groups excluding carboxylic acids is 1. The number of hydrogen-bond donors (Lipinski definition) is 2. The molecule has 1 fully saturated rings. The Labute approximate surface area is 113 Å². The van der Waals surface area contributed by atoms with Crippen molar-refractivity contribution in [1.29, 1.82) is 0 Å². The molecule has 0 saturated carbocycles. The molecule has 0 radical (unpaired) electrons. The molecule has 2 atom stereocenters. The van der Waals surface area contributed by atoms with Crippen LogP contribution in [0.4, 0.5) is 0 Å². The highest BCUT2D eigenvalue weighted by Crippen LogP contribution is 2.13. The largest absolute Gasteiger partial charge is 0.492 e. The first kappa shape index (κ1) is 13.8. The van der Waals surface area contributed by atoms with Gasteiger partial charge >= 0.3 is 0 Å². The Morgan fingerprint density at radius 3 is 2.89 bits per heavy atom. The number of ether oxygens (including phenoxy) is 2. The Hall–Kier alpha value is -1.59. The van der Waals surface area contributed by atoms with E-state index >= 15 is 0 Å². The average molecular weight is 264 g/mol. The molecule has 0 bridgehead atoms. The van der Waals surface area contributed by atoms with Crippen LogP contribution in [-0.2, 0) is 9.53 Å². The summed E-state index contributed by atoms with van der Waals surface area (Å²) in [6.45, 7) is 2.04. The van der Waals surface area contributed by atoms with Crippen molar-refractivity contribution in [2.75, 3.05) is 33.4 Å². The van der Waals surface area contributed by atoms with Crippen LogP contribution in [0.1, 0.15) is 0 Å². The molecular weight excluding hydrogens is 244 g/mol. The molecule has 1 aliphatic heterocycles. The first-order valence-electron chi connectivity index (χ1n) is 6.52. The third-order valence-corrected chi connectivity index (χ3v) is 3.20. The first-order valence-corrected chi connectivity index (χ1v) is 6.52. The SMILES string of the molecule is CNC1COCC1C(=O)NCCOc1ccccc1. The second-order valence-electron chi connectivity index (χ2n) is 4.49. The van der Waals surface area contributed by atoms with Crippen molar-refractivity contribution in [1.82, 2.24) is 10.6 Å². The fraction of sp³-hybridized carbons (Fsp3) is 0.500. The lowest BCUT2D eigenvalue weighted by atomic mass is 10.0. The molecular formula is C14H20N2O3. The van der Waals surface area contributed by atoms with Crippen LogP contribution in [0.25, 0.3) is 0 Å². The summed E-state index contributed by atoms with van der Waals surface area (Å²) in [5.74, 6) is 0.726. The molecule has 1 aliphatic rings. The van der Waals surface area contributed by atoms with Crippen molar-refractivity contribution in [3.63, 3.8) is 0 Å². The van der Waals surface area contributed by atoms with Gasteiger partial charge in [0, 0.05) is 6.04 Å². The number of nitrogens with one attached hydrogen (secondary N) is 2. The van der Waals surface area contributed by atoms with E-state index in [0.717, 1.165) is 5.75 Å². The number of benzene rings is 1. The molecule has 5 heteroatoms. The van der Waals surface area contributed by atoms with Gasteiger partial charge in [-0.3, -0.25) is 4.79 Å². The van der Waals surface area contributed by atoms with Gasteiger partial charge < -0.3 is 20.1 Å². The van der Waals surface area contributed by atoms with Crippen LogP contribution < -0.4 is 15.4 Å². The number of likely N-dealkylation sites (N-methyl/N-ethyl adjacent to an activating group) is 1. The summed E-state index contributed by atoms with van der Waals surface area (Å²) in [5, 5.41) is 5.97. The summed E-state index contributed by atoms with van der Waals surface area (Å²) in [6, 6.07) is 9.66. The van der Waals surface area contributed by atoms with Gasteiger partial charge in [0.2, 0.25) is 5.91 Å². The van der Waals surface area contributed by atoms with Crippen molar-refractivity contribution in [3.8, 4) is 5.75 Å². The lowest BCUT2D eigenvalue weighted by Crippen LogP contribution is -2.43. The Balaban J connectivity index is 1.67. The fourth-order valence-electron chi connectivity index (χ4n) is 2.09. The monoisotopic (exact) mass is 264 g/mol. The molecule has 1 amide bonds. The molecule has 2 unspecified atom stereocenters.